The normalized spacial score (nSPS) is 47.5. The minimum absolute atomic E-state index is 0.242. The van der Waals surface area contributed by atoms with Crippen molar-refractivity contribution in [1.29, 1.82) is 0 Å². The first-order valence-corrected chi connectivity index (χ1v) is 5.13. The molecule has 1 aliphatic carbocycles. The molecule has 1 saturated carbocycles. The molecule has 0 amide bonds. The average Bonchev–Trinajstić information content (AvgIpc) is 2.51. The molecular formula is C10H19NO. The second kappa shape index (κ2) is 3.00. The maximum atomic E-state index is 5.85. The second-order valence-corrected chi connectivity index (χ2v) is 4.45. The Labute approximate surface area is 74.7 Å². The van der Waals surface area contributed by atoms with E-state index in [9.17, 15) is 0 Å². The summed E-state index contributed by atoms with van der Waals surface area (Å²) in [5.74, 6) is 0. The first-order chi connectivity index (χ1) is 5.73. The Balaban J connectivity index is 2.00. The second-order valence-electron chi connectivity index (χ2n) is 4.45. The third-order valence-electron chi connectivity index (χ3n) is 3.38. The monoisotopic (exact) mass is 169 g/mol. The molecule has 0 spiro atoms. The maximum Gasteiger partial charge on any atom is 0.0729 e. The molecule has 2 nitrogen and oxygen atoms in total. The van der Waals surface area contributed by atoms with Gasteiger partial charge in [-0.1, -0.05) is 6.92 Å². The first kappa shape index (κ1) is 8.52. The van der Waals surface area contributed by atoms with Crippen molar-refractivity contribution in [3.05, 3.63) is 0 Å². The average molecular weight is 169 g/mol. The quantitative estimate of drug-likeness (QED) is 0.645. The van der Waals surface area contributed by atoms with Crippen molar-refractivity contribution < 1.29 is 4.74 Å². The summed E-state index contributed by atoms with van der Waals surface area (Å²) >= 11 is 0. The van der Waals surface area contributed by atoms with Crippen LogP contribution in [0.4, 0.5) is 0 Å². The molecule has 1 aliphatic heterocycles. The van der Waals surface area contributed by atoms with Gasteiger partial charge < -0.3 is 10.1 Å². The fraction of sp³-hybridized carbons (Fsp3) is 1.00. The van der Waals surface area contributed by atoms with Crippen molar-refractivity contribution >= 4 is 0 Å². The van der Waals surface area contributed by atoms with Gasteiger partial charge in [-0.05, 0) is 32.6 Å². The Morgan fingerprint density at radius 3 is 3.08 bits per heavy atom. The lowest BCUT2D eigenvalue weighted by atomic mass is 9.95. The minimum Gasteiger partial charge on any atom is -0.375 e. The highest BCUT2D eigenvalue weighted by molar-refractivity contribution is 4.96. The molecule has 2 heteroatoms. The first-order valence-electron chi connectivity index (χ1n) is 5.13. The molecule has 12 heavy (non-hydrogen) atoms. The van der Waals surface area contributed by atoms with Gasteiger partial charge in [0, 0.05) is 11.6 Å². The van der Waals surface area contributed by atoms with Crippen molar-refractivity contribution in [3.8, 4) is 0 Å². The summed E-state index contributed by atoms with van der Waals surface area (Å²) in [6.45, 7) is 5.39. The standard InChI is InChI=1S/C10H19NO/c1-3-10(2)7-12-9-6-4-5-8(9)11-10/h8-9,11H,3-7H2,1-2H3. The molecule has 1 heterocycles. The Bertz CT molecular complexity index is 171. The van der Waals surface area contributed by atoms with Gasteiger partial charge in [0.15, 0.2) is 0 Å². The number of hydrogen-bond acceptors (Lipinski definition) is 2. The number of nitrogens with one attached hydrogen (secondary N) is 1. The van der Waals surface area contributed by atoms with E-state index in [1.807, 2.05) is 0 Å². The largest absolute Gasteiger partial charge is 0.375 e. The van der Waals surface area contributed by atoms with Gasteiger partial charge in [-0.2, -0.15) is 0 Å². The van der Waals surface area contributed by atoms with E-state index in [-0.39, 0.29) is 5.54 Å². The van der Waals surface area contributed by atoms with E-state index in [2.05, 4.69) is 19.2 Å². The number of fused-ring (bicyclic) bond motifs is 1. The molecule has 0 aromatic heterocycles. The predicted molar refractivity (Wildman–Crippen MR) is 49.2 cm³/mol. The summed E-state index contributed by atoms with van der Waals surface area (Å²) in [5, 5.41) is 3.72. The fourth-order valence-corrected chi connectivity index (χ4v) is 2.27. The van der Waals surface area contributed by atoms with E-state index in [0.717, 1.165) is 13.0 Å². The van der Waals surface area contributed by atoms with Crippen molar-refractivity contribution in [1.82, 2.24) is 5.32 Å². The van der Waals surface area contributed by atoms with Crippen molar-refractivity contribution in [3.63, 3.8) is 0 Å². The van der Waals surface area contributed by atoms with Gasteiger partial charge in [0.1, 0.15) is 0 Å². The summed E-state index contributed by atoms with van der Waals surface area (Å²) in [6.07, 6.45) is 5.58. The van der Waals surface area contributed by atoms with Crippen LogP contribution in [0.1, 0.15) is 39.5 Å². The Kier molecular flexibility index (Phi) is 2.13. The van der Waals surface area contributed by atoms with E-state index < -0.39 is 0 Å². The molecule has 2 rings (SSSR count). The van der Waals surface area contributed by atoms with Crippen LogP contribution in [0, 0.1) is 0 Å². The fourth-order valence-electron chi connectivity index (χ4n) is 2.27. The zero-order chi connectivity index (χ0) is 8.60. The Morgan fingerprint density at radius 2 is 2.33 bits per heavy atom. The van der Waals surface area contributed by atoms with Gasteiger partial charge in [-0.3, -0.25) is 0 Å². The number of morpholine rings is 1. The van der Waals surface area contributed by atoms with Crippen LogP contribution >= 0.6 is 0 Å². The zero-order valence-corrected chi connectivity index (χ0v) is 8.10. The van der Waals surface area contributed by atoms with Crippen LogP contribution in [0.15, 0.2) is 0 Å². The van der Waals surface area contributed by atoms with E-state index in [4.69, 9.17) is 4.74 Å². The SMILES string of the molecule is CCC1(C)COC2CCCC2N1. The van der Waals surface area contributed by atoms with E-state index >= 15 is 0 Å². The topological polar surface area (TPSA) is 21.3 Å². The smallest absolute Gasteiger partial charge is 0.0729 e. The van der Waals surface area contributed by atoms with Gasteiger partial charge in [-0.15, -0.1) is 0 Å². The highest BCUT2D eigenvalue weighted by atomic mass is 16.5. The molecule has 3 unspecified atom stereocenters. The van der Waals surface area contributed by atoms with Crippen LogP contribution in [0.5, 0.6) is 0 Å². The molecule has 2 aliphatic rings. The maximum absolute atomic E-state index is 5.85. The summed E-state index contributed by atoms with van der Waals surface area (Å²) in [6, 6.07) is 0.642. The Morgan fingerprint density at radius 1 is 1.50 bits per heavy atom. The lowest BCUT2D eigenvalue weighted by molar-refractivity contribution is -0.0457. The third-order valence-corrected chi connectivity index (χ3v) is 3.38. The highest BCUT2D eigenvalue weighted by Gasteiger charge is 2.38. The molecule has 0 aromatic rings. The van der Waals surface area contributed by atoms with Crippen LogP contribution < -0.4 is 5.32 Å². The molecular weight excluding hydrogens is 150 g/mol. The Hall–Kier alpha value is -0.0800. The van der Waals surface area contributed by atoms with Gasteiger partial charge in [0.05, 0.1) is 12.7 Å². The number of ether oxygens (including phenoxy) is 1. The molecule has 2 fully saturated rings. The number of rotatable bonds is 1. The molecule has 0 aromatic carbocycles. The summed E-state index contributed by atoms with van der Waals surface area (Å²) < 4.78 is 5.85. The molecule has 1 N–H and O–H groups in total. The minimum atomic E-state index is 0.242. The third kappa shape index (κ3) is 1.38. The van der Waals surface area contributed by atoms with Gasteiger partial charge in [-0.25, -0.2) is 0 Å². The van der Waals surface area contributed by atoms with E-state index in [0.29, 0.717) is 12.1 Å². The van der Waals surface area contributed by atoms with E-state index in [1.54, 1.807) is 0 Å². The molecule has 0 radical (unpaired) electrons. The van der Waals surface area contributed by atoms with Crippen molar-refractivity contribution in [2.45, 2.75) is 57.2 Å². The van der Waals surface area contributed by atoms with Gasteiger partial charge in [0.25, 0.3) is 0 Å². The molecule has 1 saturated heterocycles. The zero-order valence-electron chi connectivity index (χ0n) is 8.10. The van der Waals surface area contributed by atoms with Crippen LogP contribution in [0.2, 0.25) is 0 Å². The summed E-state index contributed by atoms with van der Waals surface area (Å²) in [4.78, 5) is 0. The summed E-state index contributed by atoms with van der Waals surface area (Å²) in [5.41, 5.74) is 0.242. The molecule has 0 bridgehead atoms. The number of hydrogen-bond donors (Lipinski definition) is 1. The summed E-state index contributed by atoms with van der Waals surface area (Å²) in [7, 11) is 0. The predicted octanol–water partition coefficient (Wildman–Crippen LogP) is 1.70. The van der Waals surface area contributed by atoms with Crippen LogP contribution in [-0.2, 0) is 4.74 Å². The molecule has 3 atom stereocenters. The van der Waals surface area contributed by atoms with Crippen LogP contribution in [0.25, 0.3) is 0 Å². The van der Waals surface area contributed by atoms with Gasteiger partial charge in [0.2, 0.25) is 0 Å². The highest BCUT2D eigenvalue weighted by Crippen LogP contribution is 2.29. The molecule has 70 valence electrons. The van der Waals surface area contributed by atoms with E-state index in [1.165, 1.54) is 19.3 Å². The van der Waals surface area contributed by atoms with Gasteiger partial charge >= 0.3 is 0 Å². The lowest BCUT2D eigenvalue weighted by Gasteiger charge is -2.41. The lowest BCUT2D eigenvalue weighted by Crippen LogP contribution is -2.58. The van der Waals surface area contributed by atoms with Crippen LogP contribution in [0.3, 0.4) is 0 Å². The van der Waals surface area contributed by atoms with Crippen molar-refractivity contribution in [2.75, 3.05) is 6.61 Å². The van der Waals surface area contributed by atoms with Crippen molar-refractivity contribution in [2.24, 2.45) is 0 Å². The van der Waals surface area contributed by atoms with Crippen LogP contribution in [-0.4, -0.2) is 24.3 Å².